The summed E-state index contributed by atoms with van der Waals surface area (Å²) in [5, 5.41) is 2.72. The van der Waals surface area contributed by atoms with Crippen molar-refractivity contribution in [3.05, 3.63) is 48.0 Å². The Morgan fingerprint density at radius 1 is 1.04 bits per heavy atom. The van der Waals surface area contributed by atoms with Gasteiger partial charge in [0.2, 0.25) is 10.0 Å². The van der Waals surface area contributed by atoms with Gasteiger partial charge in [-0.1, -0.05) is 13.0 Å². The molecule has 1 N–H and O–H groups in total. The minimum atomic E-state index is -3.58. The molecule has 2 aromatic rings. The lowest BCUT2D eigenvalue weighted by Gasteiger charge is -2.14. The largest absolute Gasteiger partial charge is 0.490 e. The topological polar surface area (TPSA) is 84.9 Å². The highest BCUT2D eigenvalue weighted by atomic mass is 32.2. The van der Waals surface area contributed by atoms with Gasteiger partial charge in [-0.3, -0.25) is 4.79 Å². The Morgan fingerprint density at radius 3 is 2.43 bits per heavy atom. The van der Waals surface area contributed by atoms with Gasteiger partial charge in [-0.25, -0.2) is 12.7 Å². The average Bonchev–Trinajstić information content (AvgIpc) is 2.67. The van der Waals surface area contributed by atoms with Gasteiger partial charge >= 0.3 is 0 Å². The summed E-state index contributed by atoms with van der Waals surface area (Å²) in [4.78, 5) is 12.7. The van der Waals surface area contributed by atoms with Gasteiger partial charge in [0.1, 0.15) is 0 Å². The second-order valence-electron chi connectivity index (χ2n) is 6.21. The molecule has 0 radical (unpaired) electrons. The van der Waals surface area contributed by atoms with Gasteiger partial charge in [0.05, 0.1) is 18.1 Å². The molecular formula is C20H26N2O5S. The maximum atomic E-state index is 12.6. The van der Waals surface area contributed by atoms with Crippen LogP contribution in [0.3, 0.4) is 0 Å². The van der Waals surface area contributed by atoms with Crippen molar-refractivity contribution >= 4 is 21.6 Å². The van der Waals surface area contributed by atoms with Crippen molar-refractivity contribution in [2.45, 2.75) is 25.2 Å². The summed E-state index contributed by atoms with van der Waals surface area (Å²) in [6.07, 6.45) is 0.861. The van der Waals surface area contributed by atoms with Crippen LogP contribution in [0.25, 0.3) is 0 Å². The van der Waals surface area contributed by atoms with E-state index in [4.69, 9.17) is 9.47 Å². The van der Waals surface area contributed by atoms with Crippen molar-refractivity contribution in [2.75, 3.05) is 32.6 Å². The quantitative estimate of drug-likeness (QED) is 0.690. The summed E-state index contributed by atoms with van der Waals surface area (Å²) in [5.41, 5.74) is 0.769. The molecule has 2 aromatic carbocycles. The van der Waals surface area contributed by atoms with Crippen molar-refractivity contribution in [1.29, 1.82) is 0 Å². The van der Waals surface area contributed by atoms with Crippen LogP contribution in [-0.4, -0.2) is 45.9 Å². The highest BCUT2D eigenvalue weighted by molar-refractivity contribution is 7.89. The third kappa shape index (κ3) is 5.24. The van der Waals surface area contributed by atoms with E-state index in [9.17, 15) is 13.2 Å². The van der Waals surface area contributed by atoms with Crippen LogP contribution in [0.2, 0.25) is 0 Å². The SMILES string of the molecule is CCCOc1ccc(C(=O)Nc2cccc(S(=O)(=O)N(C)C)c2)cc1OCC. The summed E-state index contributed by atoms with van der Waals surface area (Å²) in [7, 11) is -0.670. The molecule has 0 saturated carbocycles. The molecule has 0 aliphatic heterocycles. The first-order chi connectivity index (χ1) is 13.3. The van der Waals surface area contributed by atoms with Crippen LogP contribution in [0.5, 0.6) is 11.5 Å². The Balaban J connectivity index is 2.24. The first kappa shape index (κ1) is 21.7. The lowest BCUT2D eigenvalue weighted by Crippen LogP contribution is -2.22. The van der Waals surface area contributed by atoms with Gasteiger partial charge in [0.25, 0.3) is 5.91 Å². The van der Waals surface area contributed by atoms with E-state index in [1.54, 1.807) is 30.3 Å². The van der Waals surface area contributed by atoms with Crippen LogP contribution in [-0.2, 0) is 10.0 Å². The number of anilines is 1. The van der Waals surface area contributed by atoms with Crippen molar-refractivity contribution in [3.63, 3.8) is 0 Å². The molecule has 7 nitrogen and oxygen atoms in total. The van der Waals surface area contributed by atoms with E-state index in [-0.39, 0.29) is 10.8 Å². The first-order valence-electron chi connectivity index (χ1n) is 9.03. The predicted molar refractivity (Wildman–Crippen MR) is 109 cm³/mol. The van der Waals surface area contributed by atoms with Gasteiger partial charge in [0.15, 0.2) is 11.5 Å². The van der Waals surface area contributed by atoms with Crippen LogP contribution in [0, 0.1) is 0 Å². The predicted octanol–water partition coefficient (Wildman–Crippen LogP) is 3.38. The minimum Gasteiger partial charge on any atom is -0.490 e. The molecule has 0 unspecified atom stereocenters. The third-order valence-electron chi connectivity index (χ3n) is 3.84. The van der Waals surface area contributed by atoms with Crippen molar-refractivity contribution in [1.82, 2.24) is 4.31 Å². The second kappa shape index (κ2) is 9.57. The number of hydrogen-bond acceptors (Lipinski definition) is 5. The smallest absolute Gasteiger partial charge is 0.255 e. The summed E-state index contributed by atoms with van der Waals surface area (Å²) in [6, 6.07) is 11.1. The van der Waals surface area contributed by atoms with E-state index >= 15 is 0 Å². The minimum absolute atomic E-state index is 0.105. The molecular weight excluding hydrogens is 380 g/mol. The average molecular weight is 407 g/mol. The molecule has 0 atom stereocenters. The zero-order valence-electron chi connectivity index (χ0n) is 16.6. The fourth-order valence-electron chi connectivity index (χ4n) is 2.40. The van der Waals surface area contributed by atoms with E-state index in [1.807, 2.05) is 13.8 Å². The molecule has 1 amide bonds. The fourth-order valence-corrected chi connectivity index (χ4v) is 3.35. The Kier molecular flexibility index (Phi) is 7.42. The summed E-state index contributed by atoms with van der Waals surface area (Å²) >= 11 is 0. The lowest BCUT2D eigenvalue weighted by atomic mass is 10.1. The molecule has 152 valence electrons. The molecule has 0 fully saturated rings. The van der Waals surface area contributed by atoms with E-state index in [1.165, 1.54) is 26.2 Å². The third-order valence-corrected chi connectivity index (χ3v) is 5.65. The van der Waals surface area contributed by atoms with Gasteiger partial charge in [-0.15, -0.1) is 0 Å². The van der Waals surface area contributed by atoms with Crippen LogP contribution < -0.4 is 14.8 Å². The summed E-state index contributed by atoms with van der Waals surface area (Å²) < 4.78 is 36.9. The van der Waals surface area contributed by atoms with Gasteiger partial charge < -0.3 is 14.8 Å². The summed E-state index contributed by atoms with van der Waals surface area (Å²) in [6.45, 7) is 4.86. The number of carbonyl (C=O) groups excluding carboxylic acids is 1. The number of benzene rings is 2. The van der Waals surface area contributed by atoms with Crippen LogP contribution in [0.1, 0.15) is 30.6 Å². The van der Waals surface area contributed by atoms with E-state index < -0.39 is 10.0 Å². The maximum Gasteiger partial charge on any atom is 0.255 e. The number of sulfonamides is 1. The molecule has 0 heterocycles. The number of amides is 1. The van der Waals surface area contributed by atoms with Crippen LogP contribution >= 0.6 is 0 Å². The van der Waals surface area contributed by atoms with Crippen molar-refractivity contribution in [2.24, 2.45) is 0 Å². The van der Waals surface area contributed by atoms with Crippen LogP contribution in [0.15, 0.2) is 47.4 Å². The normalized spacial score (nSPS) is 11.3. The second-order valence-corrected chi connectivity index (χ2v) is 8.36. The number of hydrogen-bond donors (Lipinski definition) is 1. The summed E-state index contributed by atoms with van der Waals surface area (Å²) in [5.74, 6) is 0.703. The number of rotatable bonds is 9. The Hall–Kier alpha value is -2.58. The van der Waals surface area contributed by atoms with E-state index in [0.717, 1.165) is 10.7 Å². The van der Waals surface area contributed by atoms with Gasteiger partial charge in [0, 0.05) is 25.3 Å². The Morgan fingerprint density at radius 2 is 1.79 bits per heavy atom. The number of ether oxygens (including phenoxy) is 2. The zero-order chi connectivity index (χ0) is 20.7. The monoisotopic (exact) mass is 406 g/mol. The van der Waals surface area contributed by atoms with Gasteiger partial charge in [-0.2, -0.15) is 0 Å². The fraction of sp³-hybridized carbons (Fsp3) is 0.350. The van der Waals surface area contributed by atoms with E-state index in [0.29, 0.717) is 36.0 Å². The molecule has 2 rings (SSSR count). The number of nitrogens with one attached hydrogen (secondary N) is 1. The zero-order valence-corrected chi connectivity index (χ0v) is 17.4. The highest BCUT2D eigenvalue weighted by Crippen LogP contribution is 2.29. The molecule has 0 aliphatic rings. The Bertz CT molecular complexity index is 926. The van der Waals surface area contributed by atoms with Crippen molar-refractivity contribution in [3.8, 4) is 11.5 Å². The molecule has 0 aromatic heterocycles. The molecule has 28 heavy (non-hydrogen) atoms. The maximum absolute atomic E-state index is 12.6. The number of carbonyl (C=O) groups is 1. The molecule has 0 spiro atoms. The van der Waals surface area contributed by atoms with Crippen molar-refractivity contribution < 1.29 is 22.7 Å². The lowest BCUT2D eigenvalue weighted by molar-refractivity contribution is 0.102. The Labute approximate surface area is 166 Å². The highest BCUT2D eigenvalue weighted by Gasteiger charge is 2.18. The molecule has 8 heteroatoms. The number of nitrogens with zero attached hydrogens (tertiary/aromatic N) is 1. The van der Waals surface area contributed by atoms with Crippen LogP contribution in [0.4, 0.5) is 5.69 Å². The van der Waals surface area contributed by atoms with E-state index in [2.05, 4.69) is 5.32 Å². The first-order valence-corrected chi connectivity index (χ1v) is 10.5. The molecule has 0 saturated heterocycles. The standard InChI is InChI=1S/C20H26N2O5S/c1-5-12-27-18-11-10-15(13-19(18)26-6-2)20(23)21-16-8-7-9-17(14-16)28(24,25)22(3)4/h7-11,13-14H,5-6,12H2,1-4H3,(H,21,23). The molecule has 0 aliphatic carbocycles. The molecule has 0 bridgehead atoms. The van der Waals surface area contributed by atoms with Gasteiger partial charge in [-0.05, 0) is 49.7 Å².